The van der Waals surface area contributed by atoms with Crippen LogP contribution in [0.2, 0.25) is 0 Å². The molecule has 29 heavy (non-hydrogen) atoms. The predicted molar refractivity (Wildman–Crippen MR) is 119 cm³/mol. The molecule has 2 heterocycles. The molecule has 0 bridgehead atoms. The van der Waals surface area contributed by atoms with Crippen LogP contribution in [0.4, 0.5) is 5.13 Å². The first kappa shape index (κ1) is 19.3. The molecular weight excluding hydrogens is 384 g/mol. The second-order valence-corrected chi connectivity index (χ2v) is 8.01. The second-order valence-electron chi connectivity index (χ2n) is 6.98. The Morgan fingerprint density at radius 3 is 2.90 bits per heavy atom. The summed E-state index contributed by atoms with van der Waals surface area (Å²) in [7, 11) is 1.68. The van der Waals surface area contributed by atoms with Crippen LogP contribution in [0.5, 0.6) is 11.6 Å². The van der Waals surface area contributed by atoms with Gasteiger partial charge < -0.3 is 15.8 Å². The van der Waals surface area contributed by atoms with Gasteiger partial charge in [-0.2, -0.15) is 0 Å². The number of thiazole rings is 1. The van der Waals surface area contributed by atoms with Gasteiger partial charge in [-0.3, -0.25) is 4.99 Å². The van der Waals surface area contributed by atoms with Gasteiger partial charge in [0.2, 0.25) is 5.88 Å². The molecule has 1 aromatic carbocycles. The lowest BCUT2D eigenvalue weighted by atomic mass is 9.96. The number of ether oxygens (including phenoxy) is 1. The van der Waals surface area contributed by atoms with Gasteiger partial charge in [-0.25, -0.2) is 15.0 Å². The summed E-state index contributed by atoms with van der Waals surface area (Å²) >= 11 is 1.66. The minimum Gasteiger partial charge on any atom is -0.439 e. The Balaban J connectivity index is 1.51. The Morgan fingerprint density at radius 2 is 2.10 bits per heavy atom. The zero-order valence-electron chi connectivity index (χ0n) is 16.3. The summed E-state index contributed by atoms with van der Waals surface area (Å²) in [5.74, 6) is 1.15. The SMILES string of the molecule is CN=C/C(=C\N)c1cc(Oc2ccc3nc(NC4CCCCC4)sc3c2)ncn1. The molecule has 4 rings (SSSR count). The normalized spacial score (nSPS) is 15.8. The van der Waals surface area contributed by atoms with Gasteiger partial charge in [-0.15, -0.1) is 0 Å². The van der Waals surface area contributed by atoms with E-state index in [1.54, 1.807) is 30.7 Å². The van der Waals surface area contributed by atoms with E-state index in [1.165, 1.54) is 44.6 Å². The summed E-state index contributed by atoms with van der Waals surface area (Å²) in [6, 6.07) is 8.16. The van der Waals surface area contributed by atoms with Gasteiger partial charge in [0.25, 0.3) is 0 Å². The number of rotatable bonds is 6. The third-order valence-corrected chi connectivity index (χ3v) is 5.85. The van der Waals surface area contributed by atoms with Crippen LogP contribution in [-0.4, -0.2) is 34.3 Å². The Hall–Kier alpha value is -3.00. The van der Waals surface area contributed by atoms with Crippen LogP contribution in [0.25, 0.3) is 15.8 Å². The Bertz CT molecular complexity index is 1040. The summed E-state index contributed by atoms with van der Waals surface area (Å²) < 4.78 is 7.03. The summed E-state index contributed by atoms with van der Waals surface area (Å²) in [6.07, 6.45) is 11.0. The van der Waals surface area contributed by atoms with Crippen LogP contribution in [0.1, 0.15) is 37.8 Å². The summed E-state index contributed by atoms with van der Waals surface area (Å²) in [5.41, 5.74) is 7.99. The molecule has 0 saturated heterocycles. The number of allylic oxidation sites excluding steroid dienone is 1. The van der Waals surface area contributed by atoms with E-state index in [2.05, 4.69) is 20.3 Å². The van der Waals surface area contributed by atoms with Crippen LogP contribution in [0.3, 0.4) is 0 Å². The highest BCUT2D eigenvalue weighted by Crippen LogP contribution is 2.32. The van der Waals surface area contributed by atoms with E-state index in [4.69, 9.17) is 15.5 Å². The van der Waals surface area contributed by atoms with E-state index in [0.29, 0.717) is 28.9 Å². The van der Waals surface area contributed by atoms with Gasteiger partial charge in [-0.1, -0.05) is 30.6 Å². The third-order valence-electron chi connectivity index (χ3n) is 4.90. The van der Waals surface area contributed by atoms with Crippen molar-refractivity contribution in [1.82, 2.24) is 15.0 Å². The molecule has 0 atom stereocenters. The van der Waals surface area contributed by atoms with Crippen molar-refractivity contribution in [2.45, 2.75) is 38.1 Å². The molecule has 0 radical (unpaired) electrons. The Morgan fingerprint density at radius 1 is 1.24 bits per heavy atom. The molecule has 3 aromatic rings. The Labute approximate surface area is 173 Å². The maximum absolute atomic E-state index is 5.95. The van der Waals surface area contributed by atoms with Gasteiger partial charge in [0.05, 0.1) is 15.9 Å². The average Bonchev–Trinajstić information content (AvgIpc) is 3.14. The largest absolute Gasteiger partial charge is 0.439 e. The van der Waals surface area contributed by atoms with Crippen molar-refractivity contribution in [1.29, 1.82) is 0 Å². The molecule has 1 aliphatic carbocycles. The van der Waals surface area contributed by atoms with E-state index in [9.17, 15) is 0 Å². The van der Waals surface area contributed by atoms with Crippen LogP contribution in [0.15, 0.2) is 41.8 Å². The van der Waals surface area contributed by atoms with E-state index in [-0.39, 0.29) is 0 Å². The molecule has 0 unspecified atom stereocenters. The lowest BCUT2D eigenvalue weighted by molar-refractivity contribution is 0.462. The number of hydrogen-bond donors (Lipinski definition) is 2. The summed E-state index contributed by atoms with van der Waals surface area (Å²) in [4.78, 5) is 17.1. The first-order valence-electron chi connectivity index (χ1n) is 9.76. The molecule has 0 amide bonds. The standard InChI is InChI=1S/C21H24N6OS/c1-23-12-14(11-22)18-10-20(25-13-24-18)28-16-7-8-17-19(9-16)29-21(27-17)26-15-5-3-2-4-6-15/h7-13,15H,2-6,22H2,1H3,(H,26,27)/b14-11+,23-12?. The minimum atomic E-state index is 0.447. The number of aromatic nitrogens is 3. The van der Waals surface area contributed by atoms with Crippen molar-refractivity contribution in [2.75, 3.05) is 12.4 Å². The lowest BCUT2D eigenvalue weighted by Gasteiger charge is -2.22. The number of aliphatic imine (C=N–C) groups is 1. The first-order chi connectivity index (χ1) is 14.2. The van der Waals surface area contributed by atoms with Gasteiger partial charge in [0, 0.05) is 43.2 Å². The first-order valence-corrected chi connectivity index (χ1v) is 10.6. The quantitative estimate of drug-likeness (QED) is 0.577. The summed E-state index contributed by atoms with van der Waals surface area (Å²) in [5, 5.41) is 4.57. The van der Waals surface area contributed by atoms with E-state index >= 15 is 0 Å². The number of nitrogens with zero attached hydrogens (tertiary/aromatic N) is 4. The van der Waals surface area contributed by atoms with Crippen LogP contribution >= 0.6 is 11.3 Å². The molecule has 1 aliphatic rings. The number of benzene rings is 1. The van der Waals surface area contributed by atoms with Crippen molar-refractivity contribution < 1.29 is 4.74 Å². The van der Waals surface area contributed by atoms with Crippen molar-refractivity contribution in [3.8, 4) is 11.6 Å². The number of nitrogens with two attached hydrogens (primary N) is 1. The predicted octanol–water partition coefficient (Wildman–Crippen LogP) is 4.62. The van der Waals surface area contributed by atoms with E-state index < -0.39 is 0 Å². The molecule has 1 fully saturated rings. The maximum atomic E-state index is 5.95. The maximum Gasteiger partial charge on any atom is 0.222 e. The summed E-state index contributed by atoms with van der Waals surface area (Å²) in [6.45, 7) is 0. The number of hydrogen-bond acceptors (Lipinski definition) is 8. The van der Waals surface area contributed by atoms with Crippen molar-refractivity contribution >= 4 is 38.5 Å². The van der Waals surface area contributed by atoms with Crippen LogP contribution < -0.4 is 15.8 Å². The fraction of sp³-hybridized carbons (Fsp3) is 0.333. The minimum absolute atomic E-state index is 0.447. The lowest BCUT2D eigenvalue weighted by Crippen LogP contribution is -2.21. The number of nitrogens with one attached hydrogen (secondary N) is 1. The zero-order chi connectivity index (χ0) is 20.1. The van der Waals surface area contributed by atoms with Crippen LogP contribution in [0, 0.1) is 0 Å². The smallest absolute Gasteiger partial charge is 0.222 e. The average molecular weight is 409 g/mol. The number of fused-ring (bicyclic) bond motifs is 1. The third kappa shape index (κ3) is 4.71. The highest BCUT2D eigenvalue weighted by atomic mass is 32.1. The van der Waals surface area contributed by atoms with Crippen molar-refractivity contribution in [3.63, 3.8) is 0 Å². The van der Waals surface area contributed by atoms with Gasteiger partial charge in [0.1, 0.15) is 12.1 Å². The molecule has 2 aromatic heterocycles. The fourth-order valence-corrected chi connectivity index (χ4v) is 4.43. The molecule has 1 saturated carbocycles. The fourth-order valence-electron chi connectivity index (χ4n) is 3.46. The molecule has 150 valence electrons. The highest BCUT2D eigenvalue weighted by molar-refractivity contribution is 7.22. The molecule has 0 spiro atoms. The van der Waals surface area contributed by atoms with Gasteiger partial charge >= 0.3 is 0 Å². The highest BCUT2D eigenvalue weighted by Gasteiger charge is 2.15. The monoisotopic (exact) mass is 408 g/mol. The Kier molecular flexibility index (Phi) is 6.00. The van der Waals surface area contributed by atoms with E-state index in [0.717, 1.165) is 15.3 Å². The van der Waals surface area contributed by atoms with Gasteiger partial charge in [-0.05, 0) is 25.0 Å². The topological polar surface area (TPSA) is 98.3 Å². The van der Waals surface area contributed by atoms with Crippen molar-refractivity contribution in [2.24, 2.45) is 10.7 Å². The molecule has 0 aliphatic heterocycles. The van der Waals surface area contributed by atoms with Crippen LogP contribution in [-0.2, 0) is 0 Å². The molecule has 3 N–H and O–H groups in total. The molecule has 8 heteroatoms. The van der Waals surface area contributed by atoms with Gasteiger partial charge in [0.15, 0.2) is 5.13 Å². The molecular formula is C21H24N6OS. The van der Waals surface area contributed by atoms with Crippen molar-refractivity contribution in [3.05, 3.63) is 42.5 Å². The number of anilines is 1. The second kappa shape index (κ2) is 9.00. The molecule has 7 nitrogen and oxygen atoms in total. The zero-order valence-corrected chi connectivity index (χ0v) is 17.2. The van der Waals surface area contributed by atoms with E-state index in [1.807, 2.05) is 18.2 Å².